The van der Waals surface area contributed by atoms with Crippen molar-refractivity contribution in [3.63, 3.8) is 0 Å². The lowest BCUT2D eigenvalue weighted by molar-refractivity contribution is 0.168. The Bertz CT molecular complexity index is 396. The van der Waals surface area contributed by atoms with Crippen LogP contribution in [0, 0.1) is 5.82 Å². The van der Waals surface area contributed by atoms with Crippen LogP contribution in [0.3, 0.4) is 0 Å². The van der Waals surface area contributed by atoms with Crippen LogP contribution in [0.2, 0.25) is 5.02 Å². The molecule has 0 aliphatic heterocycles. The molecule has 1 aliphatic carbocycles. The Kier molecular flexibility index (Phi) is 5.20. The monoisotopic (exact) mass is 284 g/mol. The first-order valence-corrected chi connectivity index (χ1v) is 7.30. The Hall–Kier alpha value is -0.640. The zero-order valence-electron chi connectivity index (χ0n) is 11.6. The van der Waals surface area contributed by atoms with E-state index in [1.54, 1.807) is 12.1 Å². The standard InChI is InChI=1S/C15H22ClFN2/c1-18-11-6-8-12(9-7-11)19(2)10-13-14(16)4-3-5-15(13)17/h3-5,11-12,18H,6-10H2,1-2H3. The van der Waals surface area contributed by atoms with Crippen molar-refractivity contribution in [2.24, 2.45) is 0 Å². The molecule has 4 heteroatoms. The van der Waals surface area contributed by atoms with E-state index >= 15 is 0 Å². The molecule has 1 N–H and O–H groups in total. The third kappa shape index (κ3) is 3.68. The van der Waals surface area contributed by atoms with Crippen LogP contribution in [-0.4, -0.2) is 31.1 Å². The van der Waals surface area contributed by atoms with E-state index in [9.17, 15) is 4.39 Å². The van der Waals surface area contributed by atoms with E-state index in [4.69, 9.17) is 11.6 Å². The minimum absolute atomic E-state index is 0.205. The summed E-state index contributed by atoms with van der Waals surface area (Å²) in [6.45, 7) is 0.584. The highest BCUT2D eigenvalue weighted by Gasteiger charge is 2.24. The third-order valence-electron chi connectivity index (χ3n) is 4.20. The number of halogens is 2. The van der Waals surface area contributed by atoms with Gasteiger partial charge >= 0.3 is 0 Å². The minimum atomic E-state index is -0.205. The van der Waals surface area contributed by atoms with Gasteiger partial charge in [-0.3, -0.25) is 4.90 Å². The zero-order chi connectivity index (χ0) is 13.8. The van der Waals surface area contributed by atoms with Gasteiger partial charge in [-0.1, -0.05) is 17.7 Å². The summed E-state index contributed by atoms with van der Waals surface area (Å²) in [7, 11) is 4.08. The summed E-state index contributed by atoms with van der Waals surface area (Å²) in [6.07, 6.45) is 4.70. The maximum atomic E-state index is 13.8. The van der Waals surface area contributed by atoms with Crippen LogP contribution in [0.15, 0.2) is 18.2 Å². The first-order valence-electron chi connectivity index (χ1n) is 6.92. The predicted octanol–water partition coefficient (Wildman–Crippen LogP) is 3.44. The van der Waals surface area contributed by atoms with Crippen LogP contribution in [-0.2, 0) is 6.54 Å². The molecule has 0 saturated heterocycles. The van der Waals surface area contributed by atoms with Gasteiger partial charge in [0.2, 0.25) is 0 Å². The second-order valence-corrected chi connectivity index (χ2v) is 5.82. The Morgan fingerprint density at radius 1 is 1.32 bits per heavy atom. The van der Waals surface area contributed by atoms with Gasteiger partial charge in [-0.25, -0.2) is 4.39 Å². The van der Waals surface area contributed by atoms with Crippen molar-refractivity contribution in [2.75, 3.05) is 14.1 Å². The summed E-state index contributed by atoms with van der Waals surface area (Å²) in [6, 6.07) is 6.06. The molecule has 0 unspecified atom stereocenters. The van der Waals surface area contributed by atoms with Gasteiger partial charge in [-0.2, -0.15) is 0 Å². The van der Waals surface area contributed by atoms with Crippen LogP contribution in [0.5, 0.6) is 0 Å². The summed E-state index contributed by atoms with van der Waals surface area (Å²) in [4.78, 5) is 2.23. The molecule has 0 heterocycles. The molecule has 0 spiro atoms. The molecule has 1 aromatic rings. The SMILES string of the molecule is CNC1CCC(N(C)Cc2c(F)cccc2Cl)CC1. The van der Waals surface area contributed by atoms with E-state index in [0.29, 0.717) is 29.2 Å². The first-order chi connectivity index (χ1) is 9.11. The predicted molar refractivity (Wildman–Crippen MR) is 78.0 cm³/mol. The molecule has 0 amide bonds. The molecule has 0 aromatic heterocycles. The van der Waals surface area contributed by atoms with Crippen molar-refractivity contribution in [3.8, 4) is 0 Å². The molecule has 2 nitrogen and oxygen atoms in total. The first kappa shape index (κ1) is 14.8. The normalized spacial score (nSPS) is 23.8. The average Bonchev–Trinajstić information content (AvgIpc) is 2.43. The Morgan fingerprint density at radius 3 is 2.58 bits per heavy atom. The highest BCUT2D eigenvalue weighted by molar-refractivity contribution is 6.31. The van der Waals surface area contributed by atoms with Gasteiger partial charge in [0, 0.05) is 29.2 Å². The molecular formula is C15H22ClFN2. The lowest BCUT2D eigenvalue weighted by Gasteiger charge is -2.34. The molecule has 0 radical (unpaired) electrons. The summed E-state index contributed by atoms with van der Waals surface area (Å²) >= 11 is 6.08. The van der Waals surface area contributed by atoms with E-state index < -0.39 is 0 Å². The van der Waals surface area contributed by atoms with Gasteiger partial charge in [0.05, 0.1) is 0 Å². The Morgan fingerprint density at radius 2 is 2.00 bits per heavy atom. The largest absolute Gasteiger partial charge is 0.317 e. The summed E-state index contributed by atoms with van der Waals surface area (Å²) in [5.41, 5.74) is 0.613. The van der Waals surface area contributed by atoms with Gasteiger partial charge in [0.25, 0.3) is 0 Å². The lowest BCUT2D eigenvalue weighted by Crippen LogP contribution is -2.39. The molecule has 1 fully saturated rings. The maximum Gasteiger partial charge on any atom is 0.129 e. The van der Waals surface area contributed by atoms with Gasteiger partial charge in [-0.05, 0) is 51.9 Å². The summed E-state index contributed by atoms with van der Waals surface area (Å²) in [5, 5.41) is 3.86. The van der Waals surface area contributed by atoms with Crippen LogP contribution < -0.4 is 5.32 Å². The molecule has 1 saturated carbocycles. The van der Waals surface area contributed by atoms with E-state index in [2.05, 4.69) is 17.3 Å². The van der Waals surface area contributed by atoms with Crippen molar-refractivity contribution in [2.45, 2.75) is 44.3 Å². The second-order valence-electron chi connectivity index (χ2n) is 5.41. The quantitative estimate of drug-likeness (QED) is 0.911. The summed E-state index contributed by atoms with van der Waals surface area (Å²) in [5.74, 6) is -0.205. The van der Waals surface area contributed by atoms with Crippen molar-refractivity contribution in [3.05, 3.63) is 34.6 Å². The molecule has 1 aromatic carbocycles. The van der Waals surface area contributed by atoms with Gasteiger partial charge in [-0.15, -0.1) is 0 Å². The third-order valence-corrected chi connectivity index (χ3v) is 4.55. The average molecular weight is 285 g/mol. The van der Waals surface area contributed by atoms with Crippen molar-refractivity contribution in [1.29, 1.82) is 0 Å². The van der Waals surface area contributed by atoms with Crippen LogP contribution in [0.1, 0.15) is 31.2 Å². The van der Waals surface area contributed by atoms with E-state index in [0.717, 1.165) is 12.8 Å². The smallest absolute Gasteiger partial charge is 0.129 e. The molecule has 2 rings (SSSR count). The second kappa shape index (κ2) is 6.69. The molecule has 0 bridgehead atoms. The number of hydrogen-bond acceptors (Lipinski definition) is 2. The van der Waals surface area contributed by atoms with Gasteiger partial charge in [0.15, 0.2) is 0 Å². The van der Waals surface area contributed by atoms with E-state index in [1.165, 1.54) is 18.9 Å². The number of hydrogen-bond donors (Lipinski definition) is 1. The van der Waals surface area contributed by atoms with Crippen LogP contribution in [0.25, 0.3) is 0 Å². The fourth-order valence-corrected chi connectivity index (χ4v) is 3.09. The molecule has 0 atom stereocenters. The number of nitrogens with zero attached hydrogens (tertiary/aromatic N) is 1. The minimum Gasteiger partial charge on any atom is -0.317 e. The fraction of sp³-hybridized carbons (Fsp3) is 0.600. The van der Waals surface area contributed by atoms with Gasteiger partial charge in [0.1, 0.15) is 5.82 Å². The van der Waals surface area contributed by atoms with Crippen molar-refractivity contribution in [1.82, 2.24) is 10.2 Å². The van der Waals surface area contributed by atoms with Crippen LogP contribution >= 0.6 is 11.6 Å². The highest BCUT2D eigenvalue weighted by atomic mass is 35.5. The van der Waals surface area contributed by atoms with Gasteiger partial charge < -0.3 is 5.32 Å². The number of rotatable bonds is 4. The topological polar surface area (TPSA) is 15.3 Å². The highest BCUT2D eigenvalue weighted by Crippen LogP contribution is 2.26. The number of nitrogens with one attached hydrogen (secondary N) is 1. The van der Waals surface area contributed by atoms with Crippen molar-refractivity contribution >= 4 is 11.6 Å². The Labute approximate surface area is 119 Å². The van der Waals surface area contributed by atoms with E-state index in [-0.39, 0.29) is 5.82 Å². The van der Waals surface area contributed by atoms with Crippen LogP contribution in [0.4, 0.5) is 4.39 Å². The molecule has 19 heavy (non-hydrogen) atoms. The lowest BCUT2D eigenvalue weighted by atomic mass is 9.90. The zero-order valence-corrected chi connectivity index (χ0v) is 12.4. The Balaban J connectivity index is 1.96. The summed E-state index contributed by atoms with van der Waals surface area (Å²) < 4.78 is 13.8. The van der Waals surface area contributed by atoms with E-state index in [1.807, 2.05) is 7.05 Å². The fourth-order valence-electron chi connectivity index (χ4n) is 2.87. The molecule has 106 valence electrons. The molecule has 1 aliphatic rings. The molecular weight excluding hydrogens is 263 g/mol. The number of benzene rings is 1. The van der Waals surface area contributed by atoms with Crippen molar-refractivity contribution < 1.29 is 4.39 Å². The maximum absolute atomic E-state index is 13.8.